The van der Waals surface area contributed by atoms with Crippen molar-refractivity contribution in [3.63, 3.8) is 0 Å². The van der Waals surface area contributed by atoms with Crippen molar-refractivity contribution >= 4 is 11.5 Å². The molecule has 3 heteroatoms. The molecule has 0 unspecified atom stereocenters. The Hall–Kier alpha value is -1.61. The van der Waals surface area contributed by atoms with E-state index in [9.17, 15) is 4.79 Å². The van der Waals surface area contributed by atoms with Crippen LogP contribution < -0.4 is 6.15 Å². The lowest BCUT2D eigenvalue weighted by molar-refractivity contribution is -0.131. The molecule has 1 aromatic rings. The number of hydrogen-bond donors (Lipinski definition) is 2. The second kappa shape index (κ2) is 5.11. The summed E-state index contributed by atoms with van der Waals surface area (Å²) in [5.41, 5.74) is 1.71. The minimum Gasteiger partial charge on any atom is -0.478 e. The van der Waals surface area contributed by atoms with Gasteiger partial charge >= 0.3 is 5.97 Å². The molecule has 13 heavy (non-hydrogen) atoms. The van der Waals surface area contributed by atoms with Crippen molar-refractivity contribution < 1.29 is 9.90 Å². The summed E-state index contributed by atoms with van der Waals surface area (Å²) in [7, 11) is 0. The summed E-state index contributed by atoms with van der Waals surface area (Å²) in [6, 6.07) is 9.43. The van der Waals surface area contributed by atoms with E-state index in [-0.39, 0.29) is 6.15 Å². The molecule has 0 saturated heterocycles. The lowest BCUT2D eigenvalue weighted by atomic mass is 10.1. The van der Waals surface area contributed by atoms with Gasteiger partial charge in [0.25, 0.3) is 0 Å². The Labute approximate surface area is 77.3 Å². The number of rotatable bonds is 2. The normalized spacial score (nSPS) is 10.4. The fraction of sp³-hybridized carbons (Fsp3) is 0.100. The van der Waals surface area contributed by atoms with Crippen molar-refractivity contribution in [3.8, 4) is 0 Å². The first-order valence-electron chi connectivity index (χ1n) is 3.67. The number of carbonyl (C=O) groups is 1. The predicted octanol–water partition coefficient (Wildman–Crippen LogP) is 2.34. The first-order valence-corrected chi connectivity index (χ1v) is 3.67. The summed E-state index contributed by atoms with van der Waals surface area (Å²) >= 11 is 0. The van der Waals surface area contributed by atoms with E-state index in [0.717, 1.165) is 11.1 Å². The zero-order valence-electron chi connectivity index (χ0n) is 7.53. The summed E-state index contributed by atoms with van der Waals surface area (Å²) in [6.07, 6.45) is 1.20. The number of allylic oxidation sites excluding steroid dienone is 1. The molecule has 0 saturated carbocycles. The molecule has 0 radical (unpaired) electrons. The van der Waals surface area contributed by atoms with Gasteiger partial charge in [-0.3, -0.25) is 0 Å². The second-order valence-electron chi connectivity index (χ2n) is 2.53. The highest BCUT2D eigenvalue weighted by molar-refractivity contribution is 5.89. The molecule has 0 aliphatic heterocycles. The summed E-state index contributed by atoms with van der Waals surface area (Å²) in [5.74, 6) is -0.906. The molecule has 1 aromatic carbocycles. The van der Waals surface area contributed by atoms with Crippen LogP contribution in [-0.2, 0) is 4.79 Å². The van der Waals surface area contributed by atoms with E-state index in [0.29, 0.717) is 0 Å². The quantitative estimate of drug-likeness (QED) is 0.684. The van der Waals surface area contributed by atoms with E-state index in [2.05, 4.69) is 0 Å². The summed E-state index contributed by atoms with van der Waals surface area (Å²) in [6.45, 7) is 1.78. The fourth-order valence-electron chi connectivity index (χ4n) is 0.970. The maximum atomic E-state index is 10.3. The van der Waals surface area contributed by atoms with Gasteiger partial charge in [0, 0.05) is 6.08 Å². The highest BCUT2D eigenvalue weighted by Crippen LogP contribution is 2.11. The minimum absolute atomic E-state index is 0. The highest BCUT2D eigenvalue weighted by Gasteiger charge is 1.95. The zero-order chi connectivity index (χ0) is 8.97. The van der Waals surface area contributed by atoms with E-state index in [1.165, 1.54) is 6.08 Å². The maximum absolute atomic E-state index is 10.3. The Morgan fingerprint density at radius 3 is 2.31 bits per heavy atom. The molecular formula is C10H13NO2. The lowest BCUT2D eigenvalue weighted by Crippen LogP contribution is -1.89. The van der Waals surface area contributed by atoms with Crippen LogP contribution in [-0.4, -0.2) is 11.1 Å². The highest BCUT2D eigenvalue weighted by atomic mass is 16.4. The Balaban J connectivity index is 0.00000144. The average Bonchev–Trinajstić information content (AvgIpc) is 2.05. The smallest absolute Gasteiger partial charge is 0.328 e. The van der Waals surface area contributed by atoms with Crippen LogP contribution in [0.5, 0.6) is 0 Å². The molecule has 0 bridgehead atoms. The molecule has 0 aliphatic carbocycles. The van der Waals surface area contributed by atoms with E-state index in [4.69, 9.17) is 5.11 Å². The van der Waals surface area contributed by atoms with Gasteiger partial charge in [0.05, 0.1) is 0 Å². The molecule has 0 fully saturated rings. The third-order valence-electron chi connectivity index (χ3n) is 1.57. The molecule has 3 nitrogen and oxygen atoms in total. The standard InChI is InChI=1S/C10H10O2.H3N/c1-8(7-10(11)12)9-5-3-2-4-6-9;/h2-7H,1H3,(H,11,12);1H3. The largest absolute Gasteiger partial charge is 0.478 e. The van der Waals surface area contributed by atoms with Gasteiger partial charge in [0.2, 0.25) is 0 Å². The molecule has 0 aliphatic rings. The minimum atomic E-state index is -0.906. The van der Waals surface area contributed by atoms with Crippen molar-refractivity contribution in [2.24, 2.45) is 0 Å². The maximum Gasteiger partial charge on any atom is 0.328 e. The third-order valence-corrected chi connectivity index (χ3v) is 1.57. The lowest BCUT2D eigenvalue weighted by Gasteiger charge is -1.97. The summed E-state index contributed by atoms with van der Waals surface area (Å²) in [5, 5.41) is 8.47. The molecule has 4 N–H and O–H groups in total. The number of carboxylic acids is 1. The number of aliphatic carboxylic acids is 1. The predicted molar refractivity (Wildman–Crippen MR) is 52.8 cm³/mol. The van der Waals surface area contributed by atoms with Crippen LogP contribution in [0.2, 0.25) is 0 Å². The van der Waals surface area contributed by atoms with Gasteiger partial charge < -0.3 is 11.3 Å². The van der Waals surface area contributed by atoms with Crippen LogP contribution in [0.3, 0.4) is 0 Å². The molecule has 70 valence electrons. The average molecular weight is 179 g/mol. The van der Waals surface area contributed by atoms with Crippen molar-refractivity contribution in [2.45, 2.75) is 6.92 Å². The Morgan fingerprint density at radius 2 is 1.85 bits per heavy atom. The topological polar surface area (TPSA) is 72.3 Å². The molecule has 0 aromatic heterocycles. The van der Waals surface area contributed by atoms with Crippen LogP contribution >= 0.6 is 0 Å². The Morgan fingerprint density at radius 1 is 1.31 bits per heavy atom. The fourth-order valence-corrected chi connectivity index (χ4v) is 0.970. The SMILES string of the molecule is CC(=CC(=O)O)c1ccccc1.N. The van der Waals surface area contributed by atoms with E-state index in [1.807, 2.05) is 30.3 Å². The van der Waals surface area contributed by atoms with Gasteiger partial charge in [0.15, 0.2) is 0 Å². The van der Waals surface area contributed by atoms with Crippen molar-refractivity contribution in [3.05, 3.63) is 42.0 Å². The van der Waals surface area contributed by atoms with Crippen molar-refractivity contribution in [1.29, 1.82) is 0 Å². The Kier molecular flexibility index (Phi) is 4.48. The van der Waals surface area contributed by atoms with Gasteiger partial charge in [-0.15, -0.1) is 0 Å². The molecule has 0 heterocycles. The van der Waals surface area contributed by atoms with Gasteiger partial charge in [0.1, 0.15) is 0 Å². The Bertz CT molecular complexity index is 304. The molecule has 0 atom stereocenters. The molecule has 0 amide bonds. The van der Waals surface area contributed by atoms with Gasteiger partial charge in [-0.25, -0.2) is 4.79 Å². The van der Waals surface area contributed by atoms with Crippen LogP contribution in [0.15, 0.2) is 36.4 Å². The van der Waals surface area contributed by atoms with Gasteiger partial charge in [-0.1, -0.05) is 30.3 Å². The van der Waals surface area contributed by atoms with Crippen LogP contribution in [0.4, 0.5) is 0 Å². The molecule has 1 rings (SSSR count). The van der Waals surface area contributed by atoms with E-state index in [1.54, 1.807) is 6.92 Å². The first kappa shape index (κ1) is 11.4. The summed E-state index contributed by atoms with van der Waals surface area (Å²) in [4.78, 5) is 10.3. The third kappa shape index (κ3) is 3.53. The number of benzene rings is 1. The van der Waals surface area contributed by atoms with E-state index >= 15 is 0 Å². The first-order chi connectivity index (χ1) is 5.70. The van der Waals surface area contributed by atoms with E-state index < -0.39 is 5.97 Å². The van der Waals surface area contributed by atoms with Gasteiger partial charge in [-0.05, 0) is 18.1 Å². The summed E-state index contributed by atoms with van der Waals surface area (Å²) < 4.78 is 0. The van der Waals surface area contributed by atoms with Crippen LogP contribution in [0.25, 0.3) is 5.57 Å². The number of hydrogen-bond acceptors (Lipinski definition) is 2. The molecular weight excluding hydrogens is 166 g/mol. The number of carboxylic acid groups (broad SMARTS) is 1. The van der Waals surface area contributed by atoms with Gasteiger partial charge in [-0.2, -0.15) is 0 Å². The zero-order valence-corrected chi connectivity index (χ0v) is 7.53. The van der Waals surface area contributed by atoms with Crippen molar-refractivity contribution in [1.82, 2.24) is 6.15 Å². The molecule has 0 spiro atoms. The van der Waals surface area contributed by atoms with Crippen LogP contribution in [0, 0.1) is 0 Å². The van der Waals surface area contributed by atoms with Crippen LogP contribution in [0.1, 0.15) is 12.5 Å². The van der Waals surface area contributed by atoms with Crippen molar-refractivity contribution in [2.75, 3.05) is 0 Å². The monoisotopic (exact) mass is 179 g/mol. The second-order valence-corrected chi connectivity index (χ2v) is 2.53.